The fourth-order valence-corrected chi connectivity index (χ4v) is 6.00. The van der Waals surface area contributed by atoms with Crippen LogP contribution in [0.25, 0.3) is 0 Å². The molecule has 4 heterocycles. The number of hydrogen-bond acceptors (Lipinski definition) is 5. The number of benzene rings is 2. The Balaban J connectivity index is 1.36. The molecule has 3 aromatic rings. The summed E-state index contributed by atoms with van der Waals surface area (Å²) in [5.74, 6) is 1.60. The summed E-state index contributed by atoms with van der Waals surface area (Å²) in [6.07, 6.45) is 0.343. The molecular formula is C28H30F3N5O2. The molecule has 1 saturated heterocycles. The highest BCUT2D eigenvalue weighted by Crippen LogP contribution is 2.42. The van der Waals surface area contributed by atoms with Crippen molar-refractivity contribution >= 4 is 11.6 Å². The van der Waals surface area contributed by atoms with Gasteiger partial charge < -0.3 is 14.2 Å². The molecule has 3 aliphatic rings. The number of aryl methyl sites for hydroxylation is 1. The van der Waals surface area contributed by atoms with Crippen molar-refractivity contribution in [3.8, 4) is 5.75 Å². The molecule has 2 aromatic carbocycles. The van der Waals surface area contributed by atoms with E-state index in [0.717, 1.165) is 48.6 Å². The number of carbonyl (C=O) groups excluding carboxylic acids is 1. The molecule has 7 nitrogen and oxygen atoms in total. The standard InChI is InChI=1S/C28H30F3N5O2/c1-17-4-3-6-35(13-17)14-18-8-22-23(24(9-18)28(29,30)31)15-36(27(22)37)21-10-19-5-7-38-26(19)20(11-21)12-25-33-32-16-34(25)2/h8-11,16-17H,3-7,12-15H2,1-2H3/t17-/m0/s1. The number of nitrogens with zero attached hydrogens (tertiary/aromatic N) is 5. The van der Waals surface area contributed by atoms with Crippen LogP contribution < -0.4 is 9.64 Å². The van der Waals surface area contributed by atoms with E-state index < -0.39 is 17.6 Å². The maximum atomic E-state index is 14.2. The van der Waals surface area contributed by atoms with Crippen LogP contribution in [0.2, 0.25) is 0 Å². The van der Waals surface area contributed by atoms with Crippen molar-refractivity contribution in [1.82, 2.24) is 19.7 Å². The molecule has 0 N–H and O–H groups in total. The fraction of sp³-hybridized carbons (Fsp3) is 0.464. The average molecular weight is 526 g/mol. The number of aromatic nitrogens is 3. The van der Waals surface area contributed by atoms with Gasteiger partial charge in [0.15, 0.2) is 0 Å². The van der Waals surface area contributed by atoms with E-state index >= 15 is 0 Å². The van der Waals surface area contributed by atoms with Gasteiger partial charge in [0.25, 0.3) is 5.91 Å². The van der Waals surface area contributed by atoms with Crippen molar-refractivity contribution < 1.29 is 22.7 Å². The molecule has 0 bridgehead atoms. The Hall–Kier alpha value is -3.40. The van der Waals surface area contributed by atoms with Crippen molar-refractivity contribution in [2.75, 3.05) is 24.6 Å². The smallest absolute Gasteiger partial charge is 0.416 e. The third kappa shape index (κ3) is 4.55. The molecule has 10 heteroatoms. The lowest BCUT2D eigenvalue weighted by atomic mass is 9.96. The number of amides is 1. The van der Waals surface area contributed by atoms with Gasteiger partial charge in [-0.1, -0.05) is 6.92 Å². The molecule has 0 radical (unpaired) electrons. The van der Waals surface area contributed by atoms with Gasteiger partial charge in [-0.15, -0.1) is 10.2 Å². The number of carbonyl (C=O) groups is 1. The van der Waals surface area contributed by atoms with E-state index in [-0.39, 0.29) is 17.7 Å². The van der Waals surface area contributed by atoms with Gasteiger partial charge >= 0.3 is 6.18 Å². The van der Waals surface area contributed by atoms with Crippen LogP contribution in [0.1, 0.15) is 63.8 Å². The Morgan fingerprint density at radius 1 is 1.18 bits per heavy atom. The lowest BCUT2D eigenvalue weighted by Gasteiger charge is -2.31. The SMILES string of the molecule is C[C@H]1CCCN(Cc2cc3c(c(C(F)(F)F)c2)CN(c2cc4c(c(Cc5nncn5C)c2)OCC4)C3=O)C1. The van der Waals surface area contributed by atoms with E-state index in [1.807, 2.05) is 23.7 Å². The predicted molar refractivity (Wildman–Crippen MR) is 135 cm³/mol. The summed E-state index contributed by atoms with van der Waals surface area (Å²) in [7, 11) is 1.85. The zero-order chi connectivity index (χ0) is 26.6. The minimum atomic E-state index is -4.55. The van der Waals surface area contributed by atoms with Crippen molar-refractivity contribution in [3.63, 3.8) is 0 Å². The zero-order valence-electron chi connectivity index (χ0n) is 21.5. The summed E-state index contributed by atoms with van der Waals surface area (Å²) in [6.45, 7) is 4.69. The monoisotopic (exact) mass is 525 g/mol. The van der Waals surface area contributed by atoms with Crippen LogP contribution in [0.15, 0.2) is 30.6 Å². The van der Waals surface area contributed by atoms with Crippen LogP contribution in [0, 0.1) is 5.92 Å². The average Bonchev–Trinajstić information content (AvgIpc) is 3.58. The van der Waals surface area contributed by atoms with Gasteiger partial charge in [0.05, 0.1) is 18.7 Å². The van der Waals surface area contributed by atoms with E-state index in [1.165, 1.54) is 11.0 Å². The molecule has 1 atom stereocenters. The second kappa shape index (κ2) is 9.41. The molecule has 38 heavy (non-hydrogen) atoms. The Morgan fingerprint density at radius 3 is 2.76 bits per heavy atom. The van der Waals surface area contributed by atoms with Crippen molar-refractivity contribution in [1.29, 1.82) is 0 Å². The number of anilines is 1. The van der Waals surface area contributed by atoms with Gasteiger partial charge in [-0.2, -0.15) is 13.2 Å². The number of halogens is 3. The predicted octanol–water partition coefficient (Wildman–Crippen LogP) is 4.75. The van der Waals surface area contributed by atoms with Crippen molar-refractivity contribution in [2.45, 2.75) is 51.9 Å². The highest BCUT2D eigenvalue weighted by atomic mass is 19.4. The van der Waals surface area contributed by atoms with E-state index in [0.29, 0.717) is 43.2 Å². The van der Waals surface area contributed by atoms with Gasteiger partial charge in [0, 0.05) is 49.8 Å². The van der Waals surface area contributed by atoms with Gasteiger partial charge in [-0.05, 0) is 66.3 Å². The van der Waals surface area contributed by atoms with E-state index in [2.05, 4.69) is 22.0 Å². The largest absolute Gasteiger partial charge is 0.493 e. The maximum absolute atomic E-state index is 14.2. The molecule has 1 amide bonds. The first-order valence-corrected chi connectivity index (χ1v) is 13.1. The summed E-state index contributed by atoms with van der Waals surface area (Å²) in [6, 6.07) is 6.62. The first-order valence-electron chi connectivity index (χ1n) is 13.1. The maximum Gasteiger partial charge on any atom is 0.416 e. The molecule has 1 fully saturated rings. The number of piperidine rings is 1. The number of alkyl halides is 3. The van der Waals surface area contributed by atoms with Gasteiger partial charge in [0.2, 0.25) is 0 Å². The van der Waals surface area contributed by atoms with E-state index in [9.17, 15) is 18.0 Å². The topological polar surface area (TPSA) is 63.5 Å². The quantitative estimate of drug-likeness (QED) is 0.481. The Bertz CT molecular complexity index is 1400. The third-order valence-electron chi connectivity index (χ3n) is 7.86. The third-order valence-corrected chi connectivity index (χ3v) is 7.86. The highest BCUT2D eigenvalue weighted by Gasteiger charge is 2.41. The first-order chi connectivity index (χ1) is 18.2. The lowest BCUT2D eigenvalue weighted by Crippen LogP contribution is -2.33. The molecule has 1 aromatic heterocycles. The zero-order valence-corrected chi connectivity index (χ0v) is 21.5. The van der Waals surface area contributed by atoms with Gasteiger partial charge in [-0.25, -0.2) is 0 Å². The Morgan fingerprint density at radius 2 is 2.03 bits per heavy atom. The van der Waals surface area contributed by atoms with Crippen LogP contribution in [-0.4, -0.2) is 45.3 Å². The molecule has 6 rings (SSSR count). The normalized spacial score (nSPS) is 19.6. The number of ether oxygens (including phenoxy) is 1. The summed E-state index contributed by atoms with van der Waals surface area (Å²) in [5.41, 5.74) is 2.37. The molecule has 0 spiro atoms. The molecule has 0 saturated carbocycles. The highest BCUT2D eigenvalue weighted by molar-refractivity contribution is 6.10. The Kier molecular flexibility index (Phi) is 6.17. The minimum Gasteiger partial charge on any atom is -0.493 e. The molecule has 200 valence electrons. The van der Waals surface area contributed by atoms with Crippen LogP contribution in [0.4, 0.5) is 18.9 Å². The molecule has 3 aliphatic heterocycles. The van der Waals surface area contributed by atoms with E-state index in [4.69, 9.17) is 4.74 Å². The molecule has 0 unspecified atom stereocenters. The first kappa shape index (κ1) is 24.9. The van der Waals surface area contributed by atoms with Crippen LogP contribution in [0.3, 0.4) is 0 Å². The minimum absolute atomic E-state index is 0.0462. The van der Waals surface area contributed by atoms with Crippen molar-refractivity contribution in [2.24, 2.45) is 13.0 Å². The van der Waals surface area contributed by atoms with Gasteiger partial charge in [-0.3, -0.25) is 9.69 Å². The summed E-state index contributed by atoms with van der Waals surface area (Å²) in [5, 5.41) is 8.09. The second-order valence-electron chi connectivity index (χ2n) is 10.8. The van der Waals surface area contributed by atoms with E-state index in [1.54, 1.807) is 12.4 Å². The lowest BCUT2D eigenvalue weighted by molar-refractivity contribution is -0.138. The number of likely N-dealkylation sites (tertiary alicyclic amines) is 1. The van der Waals surface area contributed by atoms with Crippen LogP contribution >= 0.6 is 0 Å². The second-order valence-corrected chi connectivity index (χ2v) is 10.8. The van der Waals surface area contributed by atoms with Gasteiger partial charge in [0.1, 0.15) is 17.9 Å². The summed E-state index contributed by atoms with van der Waals surface area (Å²) >= 11 is 0. The number of hydrogen-bond donors (Lipinski definition) is 0. The number of rotatable bonds is 5. The summed E-state index contributed by atoms with van der Waals surface area (Å²) in [4.78, 5) is 17.3. The fourth-order valence-electron chi connectivity index (χ4n) is 6.00. The summed E-state index contributed by atoms with van der Waals surface area (Å²) < 4.78 is 50.4. The van der Waals surface area contributed by atoms with Crippen LogP contribution in [0.5, 0.6) is 5.75 Å². The van der Waals surface area contributed by atoms with Crippen molar-refractivity contribution in [3.05, 3.63) is 69.8 Å². The molecule has 0 aliphatic carbocycles. The van der Waals surface area contributed by atoms with Crippen LogP contribution in [-0.2, 0) is 39.2 Å². The molecular weight excluding hydrogens is 495 g/mol. The Labute approximate surface area is 219 Å². The number of fused-ring (bicyclic) bond motifs is 2.